The molecule has 1 aromatic heterocycles. The minimum absolute atomic E-state index is 0.158. The van der Waals surface area contributed by atoms with Gasteiger partial charge in [-0.2, -0.15) is 5.26 Å². The summed E-state index contributed by atoms with van der Waals surface area (Å²) >= 11 is 0. The lowest BCUT2D eigenvalue weighted by Gasteiger charge is -2.09. The minimum atomic E-state index is -0.280. The molecule has 0 saturated carbocycles. The Labute approximate surface area is 106 Å². The Morgan fingerprint density at radius 2 is 1.83 bits per heavy atom. The fraction of sp³-hybridized carbons (Fsp3) is 0.200. The van der Waals surface area contributed by atoms with E-state index in [1.165, 1.54) is 16.2 Å². The monoisotopic (exact) mass is 238 g/mol. The summed E-state index contributed by atoms with van der Waals surface area (Å²) in [5, 5.41) is 8.84. The normalized spacial score (nSPS) is 10.3. The third-order valence-electron chi connectivity index (χ3n) is 2.91. The maximum atomic E-state index is 12.0. The van der Waals surface area contributed by atoms with Gasteiger partial charge in [0.1, 0.15) is 11.6 Å². The molecule has 0 aliphatic rings. The molecular weight excluding hydrogens is 224 g/mol. The van der Waals surface area contributed by atoms with Gasteiger partial charge >= 0.3 is 0 Å². The number of benzene rings is 1. The van der Waals surface area contributed by atoms with Gasteiger partial charge in [-0.15, -0.1) is 0 Å². The average Bonchev–Trinajstić information content (AvgIpc) is 2.39. The van der Waals surface area contributed by atoms with Crippen molar-refractivity contribution in [3.05, 3.63) is 64.1 Å². The fourth-order valence-electron chi connectivity index (χ4n) is 1.80. The highest BCUT2D eigenvalue weighted by molar-refractivity contribution is 5.38. The van der Waals surface area contributed by atoms with Gasteiger partial charge in [-0.05, 0) is 35.7 Å². The summed E-state index contributed by atoms with van der Waals surface area (Å²) in [6, 6.07) is 12.9. The Balaban J connectivity index is 2.50. The molecule has 0 radical (unpaired) electrons. The summed E-state index contributed by atoms with van der Waals surface area (Å²) < 4.78 is 1.49. The molecule has 0 N–H and O–H groups in total. The second-order valence-corrected chi connectivity index (χ2v) is 4.46. The number of pyridine rings is 1. The van der Waals surface area contributed by atoms with Crippen molar-refractivity contribution in [3.63, 3.8) is 0 Å². The summed E-state index contributed by atoms with van der Waals surface area (Å²) in [6.45, 7) is 4.25. The first-order valence-corrected chi connectivity index (χ1v) is 5.85. The summed E-state index contributed by atoms with van der Waals surface area (Å²) in [6.07, 6.45) is 1.67. The maximum absolute atomic E-state index is 12.0. The van der Waals surface area contributed by atoms with Gasteiger partial charge in [-0.3, -0.25) is 9.36 Å². The van der Waals surface area contributed by atoms with Gasteiger partial charge in [0.15, 0.2) is 0 Å². The quantitative estimate of drug-likeness (QED) is 0.807. The Morgan fingerprint density at radius 1 is 1.17 bits per heavy atom. The molecule has 0 aliphatic carbocycles. The molecule has 18 heavy (non-hydrogen) atoms. The lowest BCUT2D eigenvalue weighted by Crippen LogP contribution is -2.19. The van der Waals surface area contributed by atoms with Gasteiger partial charge in [-0.25, -0.2) is 0 Å². The molecule has 0 unspecified atom stereocenters. The standard InChI is InChI=1S/C15H14N2O/c1-11(2)12-5-7-14(8-6-12)17-9-3-4-13(10-16)15(17)18/h3-9,11H,1-2H3. The molecule has 0 saturated heterocycles. The lowest BCUT2D eigenvalue weighted by atomic mass is 10.0. The van der Waals surface area contributed by atoms with Crippen LogP contribution < -0.4 is 5.56 Å². The number of hydrogen-bond donors (Lipinski definition) is 0. The molecule has 0 fully saturated rings. The molecule has 0 bridgehead atoms. The van der Waals surface area contributed by atoms with Crippen molar-refractivity contribution < 1.29 is 0 Å². The highest BCUT2D eigenvalue weighted by Gasteiger charge is 2.05. The van der Waals surface area contributed by atoms with Crippen LogP contribution in [0.3, 0.4) is 0 Å². The summed E-state index contributed by atoms with van der Waals surface area (Å²) in [4.78, 5) is 12.0. The highest BCUT2D eigenvalue weighted by atomic mass is 16.1. The predicted octanol–water partition coefficient (Wildman–Crippen LogP) is 2.83. The molecular formula is C15H14N2O. The zero-order valence-electron chi connectivity index (χ0n) is 10.4. The van der Waals surface area contributed by atoms with Crippen LogP contribution in [0, 0.1) is 11.3 Å². The molecule has 0 atom stereocenters. The number of rotatable bonds is 2. The van der Waals surface area contributed by atoms with E-state index in [1.54, 1.807) is 12.3 Å². The molecule has 1 aromatic carbocycles. The average molecular weight is 238 g/mol. The number of hydrogen-bond acceptors (Lipinski definition) is 2. The highest BCUT2D eigenvalue weighted by Crippen LogP contribution is 2.16. The third-order valence-corrected chi connectivity index (χ3v) is 2.91. The van der Waals surface area contributed by atoms with Crippen LogP contribution in [-0.2, 0) is 0 Å². The van der Waals surface area contributed by atoms with Crippen molar-refractivity contribution in [2.45, 2.75) is 19.8 Å². The van der Waals surface area contributed by atoms with Crippen molar-refractivity contribution in [1.82, 2.24) is 4.57 Å². The van der Waals surface area contributed by atoms with E-state index in [0.29, 0.717) is 5.92 Å². The van der Waals surface area contributed by atoms with Crippen LogP contribution in [0.15, 0.2) is 47.4 Å². The van der Waals surface area contributed by atoms with E-state index in [1.807, 2.05) is 30.3 Å². The fourth-order valence-corrected chi connectivity index (χ4v) is 1.80. The summed E-state index contributed by atoms with van der Waals surface area (Å²) in [5.74, 6) is 0.459. The molecule has 90 valence electrons. The van der Waals surface area contributed by atoms with E-state index in [0.717, 1.165) is 5.69 Å². The van der Waals surface area contributed by atoms with Crippen molar-refractivity contribution in [2.24, 2.45) is 0 Å². The summed E-state index contributed by atoms with van der Waals surface area (Å²) in [5.41, 5.74) is 1.88. The van der Waals surface area contributed by atoms with Gasteiger partial charge in [0, 0.05) is 11.9 Å². The van der Waals surface area contributed by atoms with E-state index >= 15 is 0 Å². The number of nitriles is 1. The van der Waals surface area contributed by atoms with Crippen LogP contribution in [0.1, 0.15) is 30.9 Å². The van der Waals surface area contributed by atoms with Crippen molar-refractivity contribution in [3.8, 4) is 11.8 Å². The summed E-state index contributed by atoms with van der Waals surface area (Å²) in [7, 11) is 0. The zero-order valence-corrected chi connectivity index (χ0v) is 10.4. The second-order valence-electron chi connectivity index (χ2n) is 4.46. The lowest BCUT2D eigenvalue weighted by molar-refractivity contribution is 0.864. The van der Waals surface area contributed by atoms with Crippen molar-refractivity contribution in [2.75, 3.05) is 0 Å². The molecule has 2 rings (SSSR count). The van der Waals surface area contributed by atoms with Gasteiger partial charge in [-0.1, -0.05) is 26.0 Å². The second kappa shape index (κ2) is 4.89. The first kappa shape index (κ1) is 12.1. The smallest absolute Gasteiger partial charge is 0.272 e. The first-order valence-electron chi connectivity index (χ1n) is 5.85. The predicted molar refractivity (Wildman–Crippen MR) is 70.8 cm³/mol. The first-order chi connectivity index (χ1) is 8.63. The Hall–Kier alpha value is -2.34. The van der Waals surface area contributed by atoms with Gasteiger partial charge in [0.25, 0.3) is 5.56 Å². The maximum Gasteiger partial charge on any atom is 0.272 e. The SMILES string of the molecule is CC(C)c1ccc(-n2cccc(C#N)c2=O)cc1. The van der Waals surface area contributed by atoms with Gasteiger partial charge in [0.05, 0.1) is 0 Å². The van der Waals surface area contributed by atoms with E-state index in [9.17, 15) is 4.79 Å². The topological polar surface area (TPSA) is 45.8 Å². The van der Waals surface area contributed by atoms with E-state index in [2.05, 4.69) is 13.8 Å². The van der Waals surface area contributed by atoms with Crippen LogP contribution in [0.5, 0.6) is 0 Å². The Morgan fingerprint density at radius 3 is 2.39 bits per heavy atom. The molecule has 1 heterocycles. The molecule has 2 aromatic rings. The largest absolute Gasteiger partial charge is 0.283 e. The van der Waals surface area contributed by atoms with Crippen LogP contribution in [0.4, 0.5) is 0 Å². The van der Waals surface area contributed by atoms with Gasteiger partial charge in [0.2, 0.25) is 0 Å². The van der Waals surface area contributed by atoms with Crippen LogP contribution >= 0.6 is 0 Å². The number of aromatic nitrogens is 1. The van der Waals surface area contributed by atoms with Crippen LogP contribution in [0.25, 0.3) is 5.69 Å². The Kier molecular flexibility index (Phi) is 3.29. The van der Waals surface area contributed by atoms with Crippen LogP contribution in [0.2, 0.25) is 0 Å². The molecule has 3 heteroatoms. The number of nitrogens with zero attached hydrogens (tertiary/aromatic N) is 2. The van der Waals surface area contributed by atoms with Crippen molar-refractivity contribution >= 4 is 0 Å². The zero-order chi connectivity index (χ0) is 13.1. The van der Waals surface area contributed by atoms with E-state index < -0.39 is 0 Å². The van der Waals surface area contributed by atoms with E-state index in [-0.39, 0.29) is 11.1 Å². The molecule has 3 nitrogen and oxygen atoms in total. The van der Waals surface area contributed by atoms with Crippen molar-refractivity contribution in [1.29, 1.82) is 5.26 Å². The molecule has 0 spiro atoms. The molecule has 0 amide bonds. The molecule has 0 aliphatic heterocycles. The van der Waals surface area contributed by atoms with Crippen LogP contribution in [-0.4, -0.2) is 4.57 Å². The van der Waals surface area contributed by atoms with Gasteiger partial charge < -0.3 is 0 Å². The Bertz CT molecular complexity index is 645. The minimum Gasteiger partial charge on any atom is -0.283 e. The van der Waals surface area contributed by atoms with E-state index in [4.69, 9.17) is 5.26 Å². The third kappa shape index (κ3) is 2.18.